The van der Waals surface area contributed by atoms with E-state index in [1.54, 1.807) is 18.3 Å². The number of hydrogen-bond acceptors (Lipinski definition) is 5. The van der Waals surface area contributed by atoms with Gasteiger partial charge in [-0.25, -0.2) is 9.37 Å². The number of ketones is 1. The van der Waals surface area contributed by atoms with Crippen LogP contribution in [0.5, 0.6) is 0 Å². The third-order valence-electron chi connectivity index (χ3n) is 5.43. The molecule has 31 heavy (non-hydrogen) atoms. The van der Waals surface area contributed by atoms with Crippen molar-refractivity contribution in [2.75, 3.05) is 18.4 Å². The molecule has 0 unspecified atom stereocenters. The number of anilines is 1. The van der Waals surface area contributed by atoms with Gasteiger partial charge in [-0.3, -0.25) is 9.78 Å². The van der Waals surface area contributed by atoms with Crippen LogP contribution in [0.25, 0.3) is 11.3 Å². The van der Waals surface area contributed by atoms with E-state index in [1.165, 1.54) is 12.1 Å². The summed E-state index contributed by atoms with van der Waals surface area (Å²) in [5.41, 5.74) is 3.09. The second-order valence-electron chi connectivity index (χ2n) is 7.73. The van der Waals surface area contributed by atoms with Crippen molar-refractivity contribution < 1.29 is 9.18 Å². The molecule has 1 saturated heterocycles. The van der Waals surface area contributed by atoms with Crippen molar-refractivity contribution in [1.29, 1.82) is 0 Å². The number of carbonyl (C=O) groups excluding carboxylic acids is 1. The van der Waals surface area contributed by atoms with Crippen LogP contribution in [-0.4, -0.2) is 28.8 Å². The smallest absolute Gasteiger partial charge is 0.143 e. The van der Waals surface area contributed by atoms with Gasteiger partial charge in [-0.15, -0.1) is 0 Å². The molecule has 3 aromatic rings. The molecule has 0 amide bonds. The Balaban J connectivity index is 1.48. The van der Waals surface area contributed by atoms with Gasteiger partial charge < -0.3 is 10.6 Å². The number of rotatable bonds is 7. The number of piperidine rings is 1. The molecule has 160 valence electrons. The maximum atomic E-state index is 13.1. The Morgan fingerprint density at radius 2 is 2.06 bits per heavy atom. The minimum Gasteiger partial charge on any atom is -0.366 e. The van der Waals surface area contributed by atoms with Crippen molar-refractivity contribution in [2.45, 2.75) is 25.8 Å². The molecule has 2 aromatic heterocycles. The fraction of sp³-hybridized carbons (Fsp3) is 0.292. The maximum Gasteiger partial charge on any atom is 0.143 e. The van der Waals surface area contributed by atoms with Crippen LogP contribution in [0.15, 0.2) is 54.7 Å². The second kappa shape index (κ2) is 9.98. The normalized spacial score (nSPS) is 16.1. The Labute approximate surface area is 186 Å². The minimum atomic E-state index is -0.259. The van der Waals surface area contributed by atoms with E-state index in [4.69, 9.17) is 11.6 Å². The summed E-state index contributed by atoms with van der Waals surface area (Å²) in [4.78, 5) is 21.6. The number of nitrogens with one attached hydrogen (secondary N) is 2. The maximum absolute atomic E-state index is 13.1. The largest absolute Gasteiger partial charge is 0.366 e. The number of aromatic nitrogens is 2. The summed E-state index contributed by atoms with van der Waals surface area (Å²) >= 11 is 6.40. The van der Waals surface area contributed by atoms with Crippen LogP contribution in [-0.2, 0) is 17.8 Å². The highest BCUT2D eigenvalue weighted by Gasteiger charge is 2.21. The Kier molecular flexibility index (Phi) is 6.89. The lowest BCUT2D eigenvalue weighted by molar-refractivity contribution is -0.122. The molecule has 1 atom stereocenters. The monoisotopic (exact) mass is 438 g/mol. The average Bonchev–Trinajstić information content (AvgIpc) is 2.81. The quantitative estimate of drug-likeness (QED) is 0.561. The average molecular weight is 439 g/mol. The summed E-state index contributed by atoms with van der Waals surface area (Å²) in [5.74, 6) is 0.674. The van der Waals surface area contributed by atoms with Crippen molar-refractivity contribution in [3.63, 3.8) is 0 Å². The van der Waals surface area contributed by atoms with E-state index in [0.717, 1.165) is 37.1 Å². The van der Waals surface area contributed by atoms with Gasteiger partial charge in [0.15, 0.2) is 0 Å². The van der Waals surface area contributed by atoms with Gasteiger partial charge >= 0.3 is 0 Å². The van der Waals surface area contributed by atoms with Crippen LogP contribution in [0.4, 0.5) is 10.2 Å². The number of carbonyl (C=O) groups is 1. The fourth-order valence-electron chi connectivity index (χ4n) is 3.70. The number of pyridine rings is 2. The second-order valence-corrected chi connectivity index (χ2v) is 8.14. The molecule has 3 heterocycles. The number of hydrogen-bond donors (Lipinski definition) is 2. The summed E-state index contributed by atoms with van der Waals surface area (Å²) in [6, 6.07) is 13.8. The molecule has 0 bridgehead atoms. The van der Waals surface area contributed by atoms with E-state index < -0.39 is 0 Å². The molecule has 5 nitrogen and oxygen atoms in total. The van der Waals surface area contributed by atoms with E-state index in [-0.39, 0.29) is 17.5 Å². The lowest BCUT2D eigenvalue weighted by Gasteiger charge is -2.21. The number of benzene rings is 1. The summed E-state index contributed by atoms with van der Waals surface area (Å²) in [7, 11) is 0. The molecule has 1 aliphatic rings. The van der Waals surface area contributed by atoms with E-state index >= 15 is 0 Å². The van der Waals surface area contributed by atoms with Gasteiger partial charge in [0, 0.05) is 42.9 Å². The Bertz CT molecular complexity index is 1050. The number of halogens is 2. The highest BCUT2D eigenvalue weighted by atomic mass is 35.5. The van der Waals surface area contributed by atoms with Gasteiger partial charge in [-0.1, -0.05) is 29.8 Å². The van der Waals surface area contributed by atoms with E-state index in [9.17, 15) is 9.18 Å². The first-order chi connectivity index (χ1) is 15.1. The molecule has 1 aromatic carbocycles. The SMILES string of the molecule is O=C(Cc1cc(-c2cccc(NCc3ccc(F)cc3)n2)c(Cl)cn1)[C@@H]1CCCNC1. The molecule has 0 saturated carbocycles. The predicted molar refractivity (Wildman–Crippen MR) is 121 cm³/mol. The van der Waals surface area contributed by atoms with Crippen molar-refractivity contribution in [3.05, 3.63) is 76.8 Å². The molecule has 7 heteroatoms. The Hall–Kier alpha value is -2.83. The molecule has 1 fully saturated rings. The van der Waals surface area contributed by atoms with E-state index in [2.05, 4.69) is 20.6 Å². The van der Waals surface area contributed by atoms with Crippen LogP contribution in [0, 0.1) is 11.7 Å². The highest BCUT2D eigenvalue weighted by molar-refractivity contribution is 6.33. The molecular formula is C24H24ClFN4O. The summed E-state index contributed by atoms with van der Waals surface area (Å²) < 4.78 is 13.1. The zero-order valence-corrected chi connectivity index (χ0v) is 17.8. The van der Waals surface area contributed by atoms with Crippen LogP contribution in [0.2, 0.25) is 5.02 Å². The van der Waals surface area contributed by atoms with Gasteiger partial charge in [-0.05, 0) is 55.3 Å². The lowest BCUT2D eigenvalue weighted by Crippen LogP contribution is -2.35. The molecular weight excluding hydrogens is 415 g/mol. The fourth-order valence-corrected chi connectivity index (χ4v) is 3.90. The standard InChI is InChI=1S/C24H24ClFN4O/c25-21-15-28-19(12-23(31)17-3-2-10-27-14-17)11-20(21)22-4-1-5-24(30-22)29-13-16-6-8-18(26)9-7-16/h1,4-9,11,15,17,27H,2-3,10,12-14H2,(H,29,30)/t17-/m1/s1. The molecule has 4 rings (SSSR count). The first kappa shape index (κ1) is 21.4. The van der Waals surface area contributed by atoms with Gasteiger partial charge in [0.1, 0.15) is 17.4 Å². The third-order valence-corrected chi connectivity index (χ3v) is 5.73. The highest BCUT2D eigenvalue weighted by Crippen LogP contribution is 2.28. The van der Waals surface area contributed by atoms with Crippen molar-refractivity contribution >= 4 is 23.2 Å². The molecule has 1 aliphatic heterocycles. The van der Waals surface area contributed by atoms with Crippen molar-refractivity contribution in [3.8, 4) is 11.3 Å². The number of Topliss-reactive ketones (excluding diaryl/α,β-unsaturated/α-hetero) is 1. The van der Waals surface area contributed by atoms with E-state index in [1.807, 2.05) is 24.3 Å². The summed E-state index contributed by atoms with van der Waals surface area (Å²) in [6.45, 7) is 2.24. The van der Waals surface area contributed by atoms with Gasteiger partial charge in [-0.2, -0.15) is 0 Å². The Morgan fingerprint density at radius 3 is 2.84 bits per heavy atom. The zero-order chi connectivity index (χ0) is 21.6. The topological polar surface area (TPSA) is 66.9 Å². The Morgan fingerprint density at radius 1 is 1.23 bits per heavy atom. The van der Waals surface area contributed by atoms with E-state index in [0.29, 0.717) is 35.2 Å². The van der Waals surface area contributed by atoms with Crippen LogP contribution < -0.4 is 10.6 Å². The van der Waals surface area contributed by atoms with Crippen LogP contribution >= 0.6 is 11.6 Å². The van der Waals surface area contributed by atoms with Gasteiger partial charge in [0.2, 0.25) is 0 Å². The minimum absolute atomic E-state index is 0.0480. The summed E-state index contributed by atoms with van der Waals surface area (Å²) in [5, 5.41) is 7.01. The number of nitrogens with zero attached hydrogens (tertiary/aromatic N) is 2. The summed E-state index contributed by atoms with van der Waals surface area (Å²) in [6.07, 6.45) is 3.82. The third kappa shape index (κ3) is 5.66. The molecule has 0 spiro atoms. The molecule has 2 N–H and O–H groups in total. The van der Waals surface area contributed by atoms with Gasteiger partial charge in [0.25, 0.3) is 0 Å². The predicted octanol–water partition coefficient (Wildman–Crippen LogP) is 4.66. The van der Waals surface area contributed by atoms with Gasteiger partial charge in [0.05, 0.1) is 10.7 Å². The zero-order valence-electron chi connectivity index (χ0n) is 17.1. The van der Waals surface area contributed by atoms with Crippen molar-refractivity contribution in [1.82, 2.24) is 15.3 Å². The van der Waals surface area contributed by atoms with Crippen molar-refractivity contribution in [2.24, 2.45) is 5.92 Å². The molecule has 0 radical (unpaired) electrons. The molecule has 0 aliphatic carbocycles. The first-order valence-corrected chi connectivity index (χ1v) is 10.8. The first-order valence-electron chi connectivity index (χ1n) is 10.4. The van der Waals surface area contributed by atoms with Crippen LogP contribution in [0.1, 0.15) is 24.1 Å². The van der Waals surface area contributed by atoms with Crippen LogP contribution in [0.3, 0.4) is 0 Å². The lowest BCUT2D eigenvalue weighted by atomic mass is 9.92.